The first-order chi connectivity index (χ1) is 10.6. The Morgan fingerprint density at radius 2 is 1.95 bits per heavy atom. The van der Waals surface area contributed by atoms with Crippen molar-refractivity contribution in [3.05, 3.63) is 52.8 Å². The maximum atomic E-state index is 10.1. The Labute approximate surface area is 131 Å². The van der Waals surface area contributed by atoms with Gasteiger partial charge in [0.1, 0.15) is 5.75 Å². The molecule has 0 aliphatic heterocycles. The van der Waals surface area contributed by atoms with E-state index in [0.29, 0.717) is 22.7 Å². The van der Waals surface area contributed by atoms with Crippen molar-refractivity contribution in [1.29, 1.82) is 0 Å². The minimum atomic E-state index is -0.185. The Morgan fingerprint density at radius 3 is 2.55 bits per heavy atom. The fraction of sp³-hybridized carbons (Fsp3) is 0.333. The van der Waals surface area contributed by atoms with Crippen LogP contribution in [-0.4, -0.2) is 21.4 Å². The van der Waals surface area contributed by atoms with Crippen LogP contribution in [0.3, 0.4) is 0 Å². The molecule has 1 heterocycles. The Hall–Kier alpha value is -2.20. The number of pyridine rings is 1. The van der Waals surface area contributed by atoms with Crippen LogP contribution in [-0.2, 0) is 6.61 Å². The average Bonchev–Trinajstić information content (AvgIpc) is 2.56. The zero-order valence-electron chi connectivity index (χ0n) is 13.2. The van der Waals surface area contributed by atoms with Crippen LogP contribution in [0.25, 0.3) is 0 Å². The summed E-state index contributed by atoms with van der Waals surface area (Å²) in [5.74, 6) is 0.595. The molecule has 0 bridgehead atoms. The summed E-state index contributed by atoms with van der Waals surface area (Å²) in [6.45, 7) is 5.90. The number of aromatic hydroxyl groups is 1. The Balaban J connectivity index is 2.27. The Morgan fingerprint density at radius 1 is 1.27 bits per heavy atom. The molecule has 2 rings (SSSR count). The fourth-order valence-electron chi connectivity index (χ4n) is 2.19. The third kappa shape index (κ3) is 3.52. The van der Waals surface area contributed by atoms with Crippen molar-refractivity contribution in [3.63, 3.8) is 0 Å². The van der Waals surface area contributed by atoms with E-state index in [0.717, 1.165) is 12.1 Å². The predicted octanol–water partition coefficient (Wildman–Crippen LogP) is 3.85. The monoisotopic (exact) mass is 298 g/mol. The van der Waals surface area contributed by atoms with Crippen LogP contribution in [0, 0.1) is 6.92 Å². The maximum absolute atomic E-state index is 10.1. The first kappa shape index (κ1) is 16.2. The average molecular weight is 298 g/mol. The molecule has 1 aromatic carbocycles. The molecule has 0 unspecified atom stereocenters. The molecule has 116 valence electrons. The van der Waals surface area contributed by atoms with Crippen molar-refractivity contribution >= 4 is 11.9 Å². The van der Waals surface area contributed by atoms with Crippen molar-refractivity contribution < 1.29 is 10.2 Å². The number of hydrogen-bond acceptors (Lipinski definition) is 4. The molecule has 0 saturated carbocycles. The van der Waals surface area contributed by atoms with Gasteiger partial charge in [0.25, 0.3) is 0 Å². The quantitative estimate of drug-likeness (QED) is 0.824. The number of aryl methyl sites for hydroxylation is 1. The van der Waals surface area contributed by atoms with Gasteiger partial charge < -0.3 is 10.2 Å². The molecule has 1 atom stereocenters. The molecule has 4 heteroatoms. The lowest BCUT2D eigenvalue weighted by atomic mass is 9.99. The second-order valence-corrected chi connectivity index (χ2v) is 5.45. The zero-order valence-corrected chi connectivity index (χ0v) is 13.2. The normalized spacial score (nSPS) is 12.7. The largest absolute Gasteiger partial charge is 0.505 e. The number of hydrogen-bond donors (Lipinski definition) is 2. The second kappa shape index (κ2) is 7.18. The van der Waals surface area contributed by atoms with Crippen LogP contribution in [0.5, 0.6) is 5.75 Å². The van der Waals surface area contributed by atoms with E-state index in [-0.39, 0.29) is 12.4 Å². The van der Waals surface area contributed by atoms with Crippen molar-refractivity contribution in [3.8, 4) is 5.75 Å². The second-order valence-electron chi connectivity index (χ2n) is 5.45. The SMILES string of the molecule is CC[C@@H](C)c1ccc(N=Cc2c(CO)cnc(C)c2O)cc1. The van der Waals surface area contributed by atoms with E-state index in [4.69, 9.17) is 0 Å². The molecule has 1 aromatic heterocycles. The molecule has 0 radical (unpaired) electrons. The van der Waals surface area contributed by atoms with Gasteiger partial charge in [-0.15, -0.1) is 0 Å². The molecule has 0 fully saturated rings. The molecular formula is C18H22N2O2. The molecular weight excluding hydrogens is 276 g/mol. The van der Waals surface area contributed by atoms with Crippen LogP contribution in [0.4, 0.5) is 5.69 Å². The molecule has 0 saturated heterocycles. The summed E-state index contributed by atoms with van der Waals surface area (Å²) in [5.41, 5.74) is 3.69. The van der Waals surface area contributed by atoms with Crippen molar-refractivity contribution in [2.75, 3.05) is 0 Å². The smallest absolute Gasteiger partial charge is 0.145 e. The number of aliphatic hydroxyl groups is 1. The number of aliphatic imine (C=N–C) groups is 1. The van der Waals surface area contributed by atoms with Crippen molar-refractivity contribution in [2.45, 2.75) is 39.7 Å². The maximum Gasteiger partial charge on any atom is 0.145 e. The molecule has 4 nitrogen and oxygen atoms in total. The molecule has 0 aliphatic rings. The highest BCUT2D eigenvalue weighted by Gasteiger charge is 2.09. The summed E-state index contributed by atoms with van der Waals surface area (Å²) in [4.78, 5) is 8.42. The van der Waals surface area contributed by atoms with E-state index < -0.39 is 0 Å². The van der Waals surface area contributed by atoms with E-state index in [1.165, 1.54) is 5.56 Å². The van der Waals surface area contributed by atoms with Gasteiger partial charge >= 0.3 is 0 Å². The summed E-state index contributed by atoms with van der Waals surface area (Å²) in [7, 11) is 0. The van der Waals surface area contributed by atoms with Gasteiger partial charge in [-0.3, -0.25) is 9.98 Å². The molecule has 2 aromatic rings. The van der Waals surface area contributed by atoms with Crippen molar-refractivity contribution in [1.82, 2.24) is 4.98 Å². The lowest BCUT2D eigenvalue weighted by Gasteiger charge is -2.09. The summed E-state index contributed by atoms with van der Waals surface area (Å²) >= 11 is 0. The number of rotatable bonds is 5. The highest BCUT2D eigenvalue weighted by molar-refractivity contribution is 5.87. The van der Waals surface area contributed by atoms with E-state index in [2.05, 4.69) is 36.0 Å². The fourth-order valence-corrected chi connectivity index (χ4v) is 2.19. The lowest BCUT2D eigenvalue weighted by molar-refractivity contribution is 0.280. The lowest BCUT2D eigenvalue weighted by Crippen LogP contribution is -1.97. The van der Waals surface area contributed by atoms with Crippen molar-refractivity contribution in [2.24, 2.45) is 4.99 Å². The summed E-state index contributed by atoms with van der Waals surface area (Å²) < 4.78 is 0. The highest BCUT2D eigenvalue weighted by Crippen LogP contribution is 2.24. The Kier molecular flexibility index (Phi) is 5.28. The van der Waals surface area contributed by atoms with Crippen LogP contribution < -0.4 is 0 Å². The zero-order chi connectivity index (χ0) is 16.1. The summed E-state index contributed by atoms with van der Waals surface area (Å²) in [6, 6.07) is 8.07. The van der Waals surface area contributed by atoms with Crippen LogP contribution in [0.2, 0.25) is 0 Å². The van der Waals surface area contributed by atoms with Gasteiger partial charge in [0.2, 0.25) is 0 Å². The molecule has 22 heavy (non-hydrogen) atoms. The Bertz CT molecular complexity index is 664. The van der Waals surface area contributed by atoms with Gasteiger partial charge in [-0.05, 0) is 37.0 Å². The molecule has 0 amide bonds. The minimum Gasteiger partial charge on any atom is -0.505 e. The number of nitrogens with zero attached hydrogens (tertiary/aromatic N) is 2. The van der Waals surface area contributed by atoms with Crippen LogP contribution >= 0.6 is 0 Å². The van der Waals surface area contributed by atoms with Crippen LogP contribution in [0.1, 0.15) is 48.6 Å². The molecule has 0 aliphatic carbocycles. The van der Waals surface area contributed by atoms with Gasteiger partial charge in [0.15, 0.2) is 0 Å². The van der Waals surface area contributed by atoms with E-state index >= 15 is 0 Å². The van der Waals surface area contributed by atoms with Gasteiger partial charge in [-0.25, -0.2) is 0 Å². The summed E-state index contributed by atoms with van der Waals surface area (Å²) in [5, 5.41) is 19.4. The number of aromatic nitrogens is 1. The number of benzene rings is 1. The highest BCUT2D eigenvalue weighted by atomic mass is 16.3. The minimum absolute atomic E-state index is 0.0616. The molecule has 2 N–H and O–H groups in total. The first-order valence-corrected chi connectivity index (χ1v) is 7.49. The first-order valence-electron chi connectivity index (χ1n) is 7.49. The van der Waals surface area contributed by atoms with Gasteiger partial charge in [-0.2, -0.15) is 0 Å². The predicted molar refractivity (Wildman–Crippen MR) is 89.0 cm³/mol. The third-order valence-corrected chi connectivity index (χ3v) is 3.95. The topological polar surface area (TPSA) is 65.7 Å². The van der Waals surface area contributed by atoms with Gasteiger partial charge in [0.05, 0.1) is 18.0 Å². The van der Waals surface area contributed by atoms with E-state index in [1.54, 1.807) is 19.3 Å². The third-order valence-electron chi connectivity index (χ3n) is 3.95. The number of aliphatic hydroxyl groups excluding tert-OH is 1. The van der Waals surface area contributed by atoms with E-state index in [9.17, 15) is 10.2 Å². The van der Waals surface area contributed by atoms with E-state index in [1.807, 2.05) is 12.1 Å². The van der Waals surface area contributed by atoms with Gasteiger partial charge in [-0.1, -0.05) is 26.0 Å². The van der Waals surface area contributed by atoms with Crippen LogP contribution in [0.15, 0.2) is 35.5 Å². The standard InChI is InChI=1S/C18H22N2O2/c1-4-12(2)14-5-7-16(8-6-14)20-10-17-15(11-21)9-19-13(3)18(17)22/h5-10,12,21-22H,4,11H2,1-3H3/t12-/m1/s1. The molecule has 0 spiro atoms. The van der Waals surface area contributed by atoms with Gasteiger partial charge in [0, 0.05) is 23.5 Å². The summed E-state index contributed by atoms with van der Waals surface area (Å²) in [6.07, 6.45) is 4.24.